The van der Waals surface area contributed by atoms with Crippen molar-refractivity contribution in [2.45, 2.75) is 44.2 Å². The second-order valence-corrected chi connectivity index (χ2v) is 4.93. The largest absolute Gasteiger partial charge is 0.391 e. The van der Waals surface area contributed by atoms with Crippen molar-refractivity contribution in [1.82, 2.24) is 4.90 Å². The predicted octanol–water partition coefficient (Wildman–Crippen LogP) is 0.785. The molecule has 0 bridgehead atoms. The molecule has 0 radical (unpaired) electrons. The van der Waals surface area contributed by atoms with E-state index >= 15 is 0 Å². The first kappa shape index (κ1) is 11.9. The summed E-state index contributed by atoms with van der Waals surface area (Å²) in [4.78, 5) is 13.9. The first-order chi connectivity index (χ1) is 7.70. The maximum absolute atomic E-state index is 12.1. The van der Waals surface area contributed by atoms with E-state index in [1.54, 1.807) is 4.90 Å². The number of hydrogen-bond acceptors (Lipinski definition) is 3. The smallest absolute Gasteiger partial charge is 0.228 e. The lowest BCUT2D eigenvalue weighted by Crippen LogP contribution is -2.48. The minimum atomic E-state index is -0.343. The lowest BCUT2D eigenvalue weighted by Gasteiger charge is -2.36. The molecule has 2 rings (SSSR count). The van der Waals surface area contributed by atoms with Gasteiger partial charge in [-0.05, 0) is 19.3 Å². The molecule has 1 saturated heterocycles. The highest BCUT2D eigenvalue weighted by atomic mass is 16.5. The molecule has 1 heterocycles. The molecular weight excluding hydrogens is 206 g/mol. The van der Waals surface area contributed by atoms with Crippen LogP contribution < -0.4 is 0 Å². The Kier molecular flexibility index (Phi) is 3.82. The molecule has 4 heteroatoms. The van der Waals surface area contributed by atoms with Gasteiger partial charge in [-0.2, -0.15) is 0 Å². The number of aliphatic hydroxyl groups is 1. The summed E-state index contributed by atoms with van der Waals surface area (Å²) in [6, 6.07) is 0.0156. The summed E-state index contributed by atoms with van der Waals surface area (Å²) in [6.07, 6.45) is 4.42. The van der Waals surface area contributed by atoms with Crippen molar-refractivity contribution < 1.29 is 14.6 Å². The fourth-order valence-electron chi connectivity index (χ4n) is 2.72. The highest BCUT2D eigenvalue weighted by Gasteiger charge is 2.33. The lowest BCUT2D eigenvalue weighted by atomic mass is 9.91. The van der Waals surface area contributed by atoms with Gasteiger partial charge in [0.05, 0.1) is 24.7 Å². The normalized spacial score (nSPS) is 35.0. The highest BCUT2D eigenvalue weighted by molar-refractivity contribution is 5.79. The van der Waals surface area contributed by atoms with Crippen molar-refractivity contribution >= 4 is 5.91 Å². The van der Waals surface area contributed by atoms with Crippen molar-refractivity contribution in [1.29, 1.82) is 0 Å². The molecule has 1 amide bonds. The number of ether oxygens (including phenoxy) is 1. The monoisotopic (exact) mass is 227 g/mol. The number of nitrogens with zero attached hydrogens (tertiary/aromatic N) is 1. The minimum Gasteiger partial charge on any atom is -0.391 e. The van der Waals surface area contributed by atoms with E-state index in [-0.39, 0.29) is 24.0 Å². The van der Waals surface area contributed by atoms with Crippen LogP contribution in [0.15, 0.2) is 0 Å². The summed E-state index contributed by atoms with van der Waals surface area (Å²) < 4.78 is 5.23. The van der Waals surface area contributed by atoms with Gasteiger partial charge in [0, 0.05) is 13.7 Å². The summed E-state index contributed by atoms with van der Waals surface area (Å²) in [5.41, 5.74) is 0. The molecule has 1 aliphatic carbocycles. The van der Waals surface area contributed by atoms with Gasteiger partial charge < -0.3 is 14.7 Å². The van der Waals surface area contributed by atoms with Crippen molar-refractivity contribution in [3.8, 4) is 0 Å². The van der Waals surface area contributed by atoms with Crippen LogP contribution in [0.1, 0.15) is 32.1 Å². The van der Waals surface area contributed by atoms with Crippen LogP contribution in [0, 0.1) is 5.92 Å². The highest BCUT2D eigenvalue weighted by Crippen LogP contribution is 2.25. The number of rotatable bonds is 2. The van der Waals surface area contributed by atoms with Crippen LogP contribution in [0.4, 0.5) is 0 Å². The van der Waals surface area contributed by atoms with Gasteiger partial charge in [0.25, 0.3) is 0 Å². The number of aliphatic hydroxyl groups excluding tert-OH is 1. The third-order valence-electron chi connectivity index (χ3n) is 3.82. The van der Waals surface area contributed by atoms with Crippen molar-refractivity contribution in [3.05, 3.63) is 0 Å². The summed E-state index contributed by atoms with van der Waals surface area (Å²) in [5, 5.41) is 9.91. The fraction of sp³-hybridized carbons (Fsp3) is 0.917. The second kappa shape index (κ2) is 5.15. The van der Waals surface area contributed by atoms with Crippen molar-refractivity contribution in [3.63, 3.8) is 0 Å². The van der Waals surface area contributed by atoms with Crippen molar-refractivity contribution in [2.24, 2.45) is 5.92 Å². The van der Waals surface area contributed by atoms with Gasteiger partial charge in [-0.1, -0.05) is 12.8 Å². The molecule has 0 spiro atoms. The van der Waals surface area contributed by atoms with Gasteiger partial charge >= 0.3 is 0 Å². The molecule has 4 nitrogen and oxygen atoms in total. The average Bonchev–Trinajstić information content (AvgIpc) is 2.81. The van der Waals surface area contributed by atoms with Crippen LogP contribution in [0.25, 0.3) is 0 Å². The van der Waals surface area contributed by atoms with Gasteiger partial charge in [-0.3, -0.25) is 4.79 Å². The summed E-state index contributed by atoms with van der Waals surface area (Å²) >= 11 is 0. The number of amides is 1. The number of carbonyl (C=O) groups excluding carboxylic acids is 1. The molecular formula is C12H21NO3. The van der Waals surface area contributed by atoms with E-state index in [9.17, 15) is 9.90 Å². The molecule has 0 aromatic rings. The standard InChI is InChI=1S/C12H21NO3/c1-13(10-4-2-3-5-11(10)14)12(15)9-6-7-16-8-9/h9-11,14H,2-8H2,1H3. The predicted molar refractivity (Wildman–Crippen MR) is 60.0 cm³/mol. The molecule has 3 unspecified atom stereocenters. The lowest BCUT2D eigenvalue weighted by molar-refractivity contribution is -0.139. The molecule has 1 aliphatic heterocycles. The van der Waals surface area contributed by atoms with Crippen molar-refractivity contribution in [2.75, 3.05) is 20.3 Å². The van der Waals surface area contributed by atoms with E-state index in [0.717, 1.165) is 32.1 Å². The first-order valence-electron chi connectivity index (χ1n) is 6.22. The van der Waals surface area contributed by atoms with E-state index < -0.39 is 0 Å². The van der Waals surface area contributed by atoms with E-state index in [1.807, 2.05) is 7.05 Å². The Bertz CT molecular complexity index is 251. The van der Waals surface area contributed by atoms with Crippen LogP contribution in [0.3, 0.4) is 0 Å². The van der Waals surface area contributed by atoms with Crippen LogP contribution in [-0.4, -0.2) is 48.3 Å². The van der Waals surface area contributed by atoms with Gasteiger partial charge in [-0.15, -0.1) is 0 Å². The maximum Gasteiger partial charge on any atom is 0.228 e. The summed E-state index contributed by atoms with van der Waals surface area (Å²) in [5.74, 6) is 0.155. The quantitative estimate of drug-likeness (QED) is 0.758. The van der Waals surface area contributed by atoms with Crippen LogP contribution >= 0.6 is 0 Å². The maximum atomic E-state index is 12.1. The Morgan fingerprint density at radius 3 is 2.69 bits per heavy atom. The Balaban J connectivity index is 1.94. The molecule has 0 aromatic carbocycles. The zero-order valence-electron chi connectivity index (χ0n) is 9.89. The van der Waals surface area contributed by atoms with Gasteiger partial charge in [0.2, 0.25) is 5.91 Å². The van der Waals surface area contributed by atoms with E-state index in [4.69, 9.17) is 4.74 Å². The van der Waals surface area contributed by atoms with Gasteiger partial charge in [-0.25, -0.2) is 0 Å². The minimum absolute atomic E-state index is 0.0131. The SMILES string of the molecule is CN(C(=O)C1CCOC1)C1CCCCC1O. The summed E-state index contributed by atoms with van der Waals surface area (Å²) in [7, 11) is 1.82. The molecule has 1 N–H and O–H groups in total. The Morgan fingerprint density at radius 2 is 2.06 bits per heavy atom. The van der Waals surface area contributed by atoms with Gasteiger partial charge in [0.15, 0.2) is 0 Å². The van der Waals surface area contributed by atoms with E-state index in [0.29, 0.717) is 13.2 Å². The molecule has 1 saturated carbocycles. The second-order valence-electron chi connectivity index (χ2n) is 4.93. The molecule has 2 aliphatic rings. The van der Waals surface area contributed by atoms with Gasteiger partial charge in [0.1, 0.15) is 0 Å². The Morgan fingerprint density at radius 1 is 1.31 bits per heavy atom. The fourth-order valence-corrected chi connectivity index (χ4v) is 2.72. The molecule has 92 valence electrons. The number of likely N-dealkylation sites (N-methyl/N-ethyl adjacent to an activating group) is 1. The van der Waals surface area contributed by atoms with E-state index in [2.05, 4.69) is 0 Å². The summed E-state index contributed by atoms with van der Waals surface area (Å²) in [6.45, 7) is 1.24. The molecule has 3 atom stereocenters. The Hall–Kier alpha value is -0.610. The van der Waals surface area contributed by atoms with Crippen LogP contribution in [-0.2, 0) is 9.53 Å². The topological polar surface area (TPSA) is 49.8 Å². The molecule has 0 aromatic heterocycles. The zero-order valence-corrected chi connectivity index (χ0v) is 9.89. The molecule has 16 heavy (non-hydrogen) atoms. The number of carbonyl (C=O) groups is 1. The Labute approximate surface area is 96.6 Å². The third kappa shape index (κ3) is 2.38. The van der Waals surface area contributed by atoms with E-state index in [1.165, 1.54) is 0 Å². The first-order valence-corrected chi connectivity index (χ1v) is 6.22. The third-order valence-corrected chi connectivity index (χ3v) is 3.82. The van der Waals surface area contributed by atoms with Crippen LogP contribution in [0.5, 0.6) is 0 Å². The number of hydrogen-bond donors (Lipinski definition) is 1. The molecule has 2 fully saturated rings. The zero-order chi connectivity index (χ0) is 11.5. The van der Waals surface area contributed by atoms with Crippen LogP contribution in [0.2, 0.25) is 0 Å². The average molecular weight is 227 g/mol.